The van der Waals surface area contributed by atoms with Crippen LogP contribution in [0.1, 0.15) is 24.2 Å². The Kier molecular flexibility index (Phi) is 5.86. The van der Waals surface area contributed by atoms with Crippen LogP contribution < -0.4 is 15.8 Å². The van der Waals surface area contributed by atoms with Crippen molar-refractivity contribution in [2.24, 2.45) is 0 Å². The van der Waals surface area contributed by atoms with Crippen molar-refractivity contribution >= 4 is 34.6 Å². The minimum absolute atomic E-state index is 0.0317. The molecule has 0 unspecified atom stereocenters. The van der Waals surface area contributed by atoms with Gasteiger partial charge in [-0.1, -0.05) is 6.07 Å². The summed E-state index contributed by atoms with van der Waals surface area (Å²) in [4.78, 5) is 45.7. The van der Waals surface area contributed by atoms with Crippen LogP contribution in [-0.2, 0) is 4.79 Å². The van der Waals surface area contributed by atoms with Crippen LogP contribution in [0.15, 0.2) is 42.6 Å². The third-order valence-corrected chi connectivity index (χ3v) is 4.23. The Labute approximate surface area is 170 Å². The fourth-order valence-electron chi connectivity index (χ4n) is 2.99. The fraction of sp³-hybridized carbons (Fsp3) is 0.150. The van der Waals surface area contributed by atoms with Gasteiger partial charge in [0.25, 0.3) is 5.91 Å². The summed E-state index contributed by atoms with van der Waals surface area (Å²) in [6.45, 7) is 2.87. The highest BCUT2D eigenvalue weighted by Gasteiger charge is 2.28. The second-order valence-corrected chi connectivity index (χ2v) is 6.22. The van der Waals surface area contributed by atoms with Gasteiger partial charge in [-0.3, -0.25) is 30.3 Å². The van der Waals surface area contributed by atoms with Crippen molar-refractivity contribution in [1.82, 2.24) is 20.8 Å². The van der Waals surface area contributed by atoms with E-state index in [1.165, 1.54) is 19.2 Å². The number of pyridine rings is 2. The molecule has 0 saturated heterocycles. The normalized spacial score (nSPS) is 10.5. The lowest BCUT2D eigenvalue weighted by Gasteiger charge is -2.23. The van der Waals surface area contributed by atoms with E-state index in [-0.39, 0.29) is 40.1 Å². The number of aromatic nitrogens is 2. The van der Waals surface area contributed by atoms with E-state index in [0.29, 0.717) is 0 Å². The van der Waals surface area contributed by atoms with Crippen LogP contribution in [-0.4, -0.2) is 39.5 Å². The monoisotopic (exact) mass is 411 g/mol. The highest BCUT2D eigenvalue weighted by molar-refractivity contribution is 6.14. The molecule has 0 aliphatic carbocycles. The van der Waals surface area contributed by atoms with E-state index in [4.69, 9.17) is 0 Å². The zero-order valence-corrected chi connectivity index (χ0v) is 16.1. The Bertz CT molecular complexity index is 1140. The van der Waals surface area contributed by atoms with Crippen molar-refractivity contribution in [3.05, 3.63) is 54.0 Å². The van der Waals surface area contributed by atoms with Gasteiger partial charge in [-0.15, -0.1) is 0 Å². The van der Waals surface area contributed by atoms with Gasteiger partial charge in [0.15, 0.2) is 0 Å². The van der Waals surface area contributed by atoms with E-state index in [2.05, 4.69) is 20.8 Å². The predicted molar refractivity (Wildman–Crippen MR) is 107 cm³/mol. The summed E-state index contributed by atoms with van der Waals surface area (Å²) >= 11 is 0. The Morgan fingerprint density at radius 3 is 2.53 bits per heavy atom. The van der Waals surface area contributed by atoms with Crippen LogP contribution >= 0.6 is 0 Å². The van der Waals surface area contributed by atoms with Crippen LogP contribution in [0, 0.1) is 5.82 Å². The first-order chi connectivity index (χ1) is 14.3. The fourth-order valence-corrected chi connectivity index (χ4v) is 2.99. The first kappa shape index (κ1) is 20.6. The summed E-state index contributed by atoms with van der Waals surface area (Å²) in [6, 6.07) is 8.53. The van der Waals surface area contributed by atoms with E-state index in [9.17, 15) is 23.9 Å². The molecule has 0 fully saturated rings. The number of fused-ring (bicyclic) bond motifs is 1. The van der Waals surface area contributed by atoms with Crippen LogP contribution in [0.25, 0.3) is 22.2 Å². The standard InChI is InChI=1S/C20H18FN5O4/c1-3-26(20(29)30)18-17(15-6-4-5-9-22-15)16(19(28)25-24-11(2)27)13-10-12(21)7-8-14(13)23-18/h4-10H,3H2,1-2H3,(H,24,27)(H,25,28)(H,29,30). The van der Waals surface area contributed by atoms with Gasteiger partial charge < -0.3 is 5.11 Å². The minimum atomic E-state index is -1.28. The predicted octanol–water partition coefficient (Wildman–Crippen LogP) is 2.72. The van der Waals surface area contributed by atoms with Crippen molar-refractivity contribution in [1.29, 1.82) is 0 Å². The second kappa shape index (κ2) is 8.52. The Balaban J connectivity index is 2.42. The molecule has 30 heavy (non-hydrogen) atoms. The lowest BCUT2D eigenvalue weighted by molar-refractivity contribution is -0.119. The molecule has 3 aromatic rings. The second-order valence-electron chi connectivity index (χ2n) is 6.22. The maximum atomic E-state index is 14.0. The van der Waals surface area contributed by atoms with Crippen LogP contribution in [0.2, 0.25) is 0 Å². The van der Waals surface area contributed by atoms with Gasteiger partial charge in [0, 0.05) is 25.1 Å². The molecule has 1 aromatic carbocycles. The van der Waals surface area contributed by atoms with Gasteiger partial charge in [-0.25, -0.2) is 14.2 Å². The summed E-state index contributed by atoms with van der Waals surface area (Å²) in [5, 5.41) is 9.81. The van der Waals surface area contributed by atoms with Crippen molar-refractivity contribution in [2.75, 3.05) is 11.4 Å². The number of rotatable bonds is 4. The molecule has 0 atom stereocenters. The molecule has 9 nitrogen and oxygen atoms in total. The van der Waals surface area contributed by atoms with E-state index in [1.54, 1.807) is 25.1 Å². The minimum Gasteiger partial charge on any atom is -0.465 e. The zero-order valence-electron chi connectivity index (χ0n) is 16.1. The molecule has 0 spiro atoms. The number of hydrazine groups is 1. The number of nitrogens with zero attached hydrogens (tertiary/aromatic N) is 3. The summed E-state index contributed by atoms with van der Waals surface area (Å²) in [7, 11) is 0. The number of halogens is 1. The lowest BCUT2D eigenvalue weighted by Crippen LogP contribution is -2.41. The van der Waals surface area contributed by atoms with Gasteiger partial charge in [-0.2, -0.15) is 0 Å². The highest BCUT2D eigenvalue weighted by Crippen LogP contribution is 2.36. The van der Waals surface area contributed by atoms with Crippen LogP contribution in [0.5, 0.6) is 0 Å². The van der Waals surface area contributed by atoms with Crippen LogP contribution in [0.3, 0.4) is 0 Å². The first-order valence-corrected chi connectivity index (χ1v) is 8.95. The molecule has 10 heteroatoms. The van der Waals surface area contributed by atoms with Gasteiger partial charge >= 0.3 is 6.09 Å². The summed E-state index contributed by atoms with van der Waals surface area (Å²) in [5.74, 6) is -1.93. The number of benzene rings is 1. The smallest absolute Gasteiger partial charge is 0.413 e. The number of anilines is 1. The van der Waals surface area contributed by atoms with Crippen molar-refractivity contribution in [3.63, 3.8) is 0 Å². The average Bonchev–Trinajstić information content (AvgIpc) is 2.72. The SMILES string of the molecule is CCN(C(=O)O)c1nc2ccc(F)cc2c(C(=O)NNC(C)=O)c1-c1ccccn1. The third kappa shape index (κ3) is 4.02. The number of hydrogen-bond donors (Lipinski definition) is 3. The van der Waals surface area contributed by atoms with Gasteiger partial charge in [0.2, 0.25) is 5.91 Å². The van der Waals surface area contributed by atoms with Gasteiger partial charge in [0.05, 0.1) is 22.3 Å². The molecular weight excluding hydrogens is 393 g/mol. The quantitative estimate of drug-likeness (QED) is 0.567. The molecule has 0 aliphatic rings. The Morgan fingerprint density at radius 2 is 1.93 bits per heavy atom. The van der Waals surface area contributed by atoms with Crippen LogP contribution in [0.4, 0.5) is 15.0 Å². The number of carboxylic acid groups (broad SMARTS) is 1. The molecule has 0 radical (unpaired) electrons. The number of carbonyl (C=O) groups excluding carboxylic acids is 2. The van der Waals surface area contributed by atoms with Crippen molar-refractivity contribution < 1.29 is 23.9 Å². The topological polar surface area (TPSA) is 125 Å². The van der Waals surface area contributed by atoms with E-state index < -0.39 is 23.7 Å². The molecular formula is C20H18FN5O4. The molecule has 0 aliphatic heterocycles. The first-order valence-electron chi connectivity index (χ1n) is 8.95. The van der Waals surface area contributed by atoms with Crippen molar-refractivity contribution in [2.45, 2.75) is 13.8 Å². The van der Waals surface area contributed by atoms with Crippen molar-refractivity contribution in [3.8, 4) is 11.3 Å². The molecule has 0 bridgehead atoms. The highest BCUT2D eigenvalue weighted by atomic mass is 19.1. The largest absolute Gasteiger partial charge is 0.465 e. The Morgan fingerprint density at radius 1 is 1.17 bits per heavy atom. The zero-order chi connectivity index (χ0) is 21.8. The summed E-state index contributed by atoms with van der Waals surface area (Å²) in [5.41, 5.74) is 4.94. The third-order valence-electron chi connectivity index (χ3n) is 4.23. The molecule has 2 aromatic heterocycles. The number of hydrogen-bond acceptors (Lipinski definition) is 5. The number of nitrogens with one attached hydrogen (secondary N) is 2. The van der Waals surface area contributed by atoms with E-state index in [1.807, 2.05) is 0 Å². The average molecular weight is 411 g/mol. The lowest BCUT2D eigenvalue weighted by atomic mass is 9.98. The molecule has 0 saturated carbocycles. The molecule has 2 heterocycles. The summed E-state index contributed by atoms with van der Waals surface area (Å²) < 4.78 is 14.0. The molecule has 3 N–H and O–H groups in total. The maximum Gasteiger partial charge on any atom is 0.413 e. The van der Waals surface area contributed by atoms with Gasteiger partial charge in [-0.05, 0) is 37.3 Å². The van der Waals surface area contributed by atoms with E-state index in [0.717, 1.165) is 17.0 Å². The van der Waals surface area contributed by atoms with Gasteiger partial charge in [0.1, 0.15) is 11.6 Å². The molecule has 3 rings (SSSR count). The van der Waals surface area contributed by atoms with E-state index >= 15 is 0 Å². The molecule has 3 amide bonds. The Hall–Kier alpha value is -4.08. The maximum absolute atomic E-state index is 14.0. The summed E-state index contributed by atoms with van der Waals surface area (Å²) in [6.07, 6.45) is 0.193. The number of carbonyl (C=O) groups is 3. The number of amides is 3. The molecule has 154 valence electrons.